The summed E-state index contributed by atoms with van der Waals surface area (Å²) in [6.45, 7) is -2.91. The van der Waals surface area contributed by atoms with Crippen molar-refractivity contribution in [1.29, 1.82) is 0 Å². The van der Waals surface area contributed by atoms with Crippen LogP contribution in [0.5, 0.6) is 5.88 Å². The van der Waals surface area contributed by atoms with Gasteiger partial charge in [-0.15, -0.1) is 0 Å². The summed E-state index contributed by atoms with van der Waals surface area (Å²) >= 11 is 0. The van der Waals surface area contributed by atoms with E-state index in [4.69, 9.17) is 14.0 Å². The van der Waals surface area contributed by atoms with Crippen LogP contribution >= 0.6 is 0 Å². The van der Waals surface area contributed by atoms with Crippen molar-refractivity contribution in [3.05, 3.63) is 17.6 Å². The van der Waals surface area contributed by atoms with Crippen LogP contribution in [0.25, 0.3) is 0 Å². The minimum atomic E-state index is -2.92. The third kappa shape index (κ3) is 1.24. The number of halogens is 1. The Balaban J connectivity index is 3.36. The first-order valence-electron chi connectivity index (χ1n) is 5.66. The number of aromatic nitrogens is 1. The molecule has 0 aliphatic carbocycles. The zero-order valence-corrected chi connectivity index (χ0v) is 5.39. The van der Waals surface area contributed by atoms with Gasteiger partial charge in [0.05, 0.1) is 23.0 Å². The van der Waals surface area contributed by atoms with Crippen LogP contribution in [-0.2, 0) is 0 Å². The van der Waals surface area contributed by atoms with E-state index in [1.165, 1.54) is 0 Å². The molecule has 3 nitrogen and oxygen atoms in total. The van der Waals surface area contributed by atoms with E-state index in [0.29, 0.717) is 0 Å². The lowest BCUT2D eigenvalue weighted by Gasteiger charge is -2.04. The maximum Gasteiger partial charge on any atom is 0.219 e. The molecule has 0 radical (unpaired) electrons. The van der Waals surface area contributed by atoms with Gasteiger partial charge in [-0.3, -0.25) is 0 Å². The largest absolute Gasteiger partial charge is 0.481 e. The Labute approximate surface area is 72.4 Å². The average molecular weight is 162 g/mol. The highest BCUT2D eigenvalue weighted by Crippen LogP contribution is 2.20. The van der Waals surface area contributed by atoms with Gasteiger partial charge in [-0.1, -0.05) is 0 Å². The Bertz CT molecular complexity index is 430. The molecule has 2 N–H and O–H groups in total. The van der Waals surface area contributed by atoms with Gasteiger partial charge in [-0.25, -0.2) is 9.37 Å². The summed E-state index contributed by atoms with van der Waals surface area (Å²) in [6, 6.07) is 0. The normalized spacial score (nSPS) is 20.1. The molecule has 11 heavy (non-hydrogen) atoms. The summed E-state index contributed by atoms with van der Waals surface area (Å²) in [4.78, 5) is 3.38. The van der Waals surface area contributed by atoms with Crippen LogP contribution in [0.3, 0.4) is 0 Å². The Kier molecular flexibility index (Phi) is 0.738. The van der Waals surface area contributed by atoms with E-state index in [2.05, 4.69) is 9.72 Å². The fourth-order valence-electron chi connectivity index (χ4n) is 0.565. The Morgan fingerprint density at radius 1 is 1.82 bits per heavy atom. The number of nitrogens with zero attached hydrogens (tertiary/aromatic N) is 1. The molecule has 0 aromatic carbocycles. The van der Waals surface area contributed by atoms with Gasteiger partial charge < -0.3 is 10.5 Å². The zero-order chi connectivity index (χ0) is 13.4. The molecule has 60 valence electrons. The number of pyridine rings is 1. The minimum Gasteiger partial charge on any atom is -0.481 e. The molecule has 0 spiro atoms. The lowest BCUT2D eigenvalue weighted by atomic mass is 10.2. The molecule has 1 aromatic rings. The fourth-order valence-corrected chi connectivity index (χ4v) is 0.565. The molecule has 0 fully saturated rings. The van der Waals surface area contributed by atoms with E-state index in [-0.39, 0.29) is 0 Å². The second kappa shape index (κ2) is 2.74. The topological polar surface area (TPSA) is 48.1 Å². The Morgan fingerprint density at radius 3 is 3.27 bits per heavy atom. The number of hydrogen-bond donors (Lipinski definition) is 1. The number of hydrogen-bond acceptors (Lipinski definition) is 3. The smallest absolute Gasteiger partial charge is 0.219 e. The van der Waals surface area contributed by atoms with Gasteiger partial charge in [0.1, 0.15) is 0 Å². The number of nitrogens with two attached hydrogens (primary N) is 1. The van der Waals surface area contributed by atoms with Gasteiger partial charge in [0.25, 0.3) is 0 Å². The molecule has 0 aliphatic rings. The van der Waals surface area contributed by atoms with Crippen molar-refractivity contribution in [2.75, 3.05) is 12.8 Å². The Hall–Kier alpha value is -1.32. The highest BCUT2D eigenvalue weighted by molar-refractivity contribution is 5.43. The fraction of sp³-hybridized carbons (Fsp3) is 0.286. The monoisotopic (exact) mass is 162 g/mol. The van der Waals surface area contributed by atoms with E-state index < -0.39 is 36.8 Å². The molecule has 0 aliphatic heterocycles. The third-order valence-electron chi connectivity index (χ3n) is 1.10. The van der Waals surface area contributed by atoms with Crippen LogP contribution in [0.1, 0.15) is 13.8 Å². The SMILES string of the molecule is [2H]C([2H])([2H])Oc1ncc(N)c(F)c1C([2H])([2H])[2H]. The average Bonchev–Trinajstić information content (AvgIpc) is 2.06. The second-order valence-corrected chi connectivity index (χ2v) is 1.81. The molecular formula is C7H9FN2O. The number of nitrogen functional groups attached to an aromatic ring is 1. The van der Waals surface area contributed by atoms with Crippen molar-refractivity contribution >= 4 is 5.69 Å². The summed E-state index contributed by atoms with van der Waals surface area (Å²) in [5.74, 6) is -2.06. The molecule has 0 amide bonds. The number of rotatable bonds is 1. The third-order valence-corrected chi connectivity index (χ3v) is 1.10. The highest BCUT2D eigenvalue weighted by atomic mass is 19.1. The molecule has 1 heterocycles. The first kappa shape index (κ1) is 2.97. The van der Waals surface area contributed by atoms with Crippen LogP contribution in [0.15, 0.2) is 6.20 Å². The zero-order valence-electron chi connectivity index (χ0n) is 11.4. The van der Waals surface area contributed by atoms with Gasteiger partial charge in [0.15, 0.2) is 5.82 Å². The second-order valence-electron chi connectivity index (χ2n) is 1.81. The Morgan fingerprint density at radius 2 is 2.64 bits per heavy atom. The molecule has 0 atom stereocenters. The van der Waals surface area contributed by atoms with Crippen LogP contribution in [0, 0.1) is 12.7 Å². The first-order chi connectivity index (χ1) is 7.52. The summed E-state index contributed by atoms with van der Waals surface area (Å²) in [7, 11) is -2.92. The number of methoxy groups -OCH3 is 1. The van der Waals surface area contributed by atoms with Crippen molar-refractivity contribution in [3.8, 4) is 5.88 Å². The van der Waals surface area contributed by atoms with E-state index in [1.54, 1.807) is 0 Å². The molecule has 0 saturated heterocycles. The van der Waals surface area contributed by atoms with Crippen molar-refractivity contribution < 1.29 is 17.4 Å². The number of anilines is 1. The highest BCUT2D eigenvalue weighted by Gasteiger charge is 2.08. The quantitative estimate of drug-likeness (QED) is 0.673. The summed E-state index contributed by atoms with van der Waals surface area (Å²) in [6.07, 6.45) is 0.797. The molecule has 0 unspecified atom stereocenters. The number of ether oxygens (including phenoxy) is 1. The van der Waals surface area contributed by atoms with Gasteiger partial charge >= 0.3 is 0 Å². The van der Waals surface area contributed by atoms with Gasteiger partial charge in [-0.2, -0.15) is 0 Å². The van der Waals surface area contributed by atoms with Gasteiger partial charge in [0.2, 0.25) is 5.88 Å². The maximum atomic E-state index is 13.5. The maximum absolute atomic E-state index is 13.5. The van der Waals surface area contributed by atoms with Crippen LogP contribution in [0.2, 0.25) is 0 Å². The molecule has 0 bridgehead atoms. The summed E-state index contributed by atoms with van der Waals surface area (Å²) in [5, 5.41) is 0. The summed E-state index contributed by atoms with van der Waals surface area (Å²) in [5.41, 5.74) is 3.74. The lowest BCUT2D eigenvalue weighted by molar-refractivity contribution is 0.390. The van der Waals surface area contributed by atoms with Gasteiger partial charge in [0, 0.05) is 9.68 Å². The first-order valence-corrected chi connectivity index (χ1v) is 2.66. The summed E-state index contributed by atoms with van der Waals surface area (Å²) < 4.78 is 59.6. The lowest BCUT2D eigenvalue weighted by Crippen LogP contribution is -1.99. The van der Waals surface area contributed by atoms with E-state index in [1.807, 2.05) is 0 Å². The van der Waals surface area contributed by atoms with Crippen molar-refractivity contribution in [2.45, 2.75) is 6.85 Å². The standard InChI is InChI=1S/C7H9FN2O/c1-4-6(8)5(9)3-10-7(4)11-2/h3H,9H2,1-2H3/i1D3,2D3. The predicted molar refractivity (Wildman–Crippen MR) is 39.9 cm³/mol. The molecule has 1 rings (SSSR count). The predicted octanol–water partition coefficient (Wildman–Crippen LogP) is 1.12. The van der Waals surface area contributed by atoms with Crippen LogP contribution < -0.4 is 10.5 Å². The minimum absolute atomic E-state index is 0.492. The molecular weight excluding hydrogens is 147 g/mol. The molecule has 1 aromatic heterocycles. The van der Waals surface area contributed by atoms with E-state index >= 15 is 0 Å². The van der Waals surface area contributed by atoms with Crippen LogP contribution in [0.4, 0.5) is 10.1 Å². The molecule has 0 saturated carbocycles. The van der Waals surface area contributed by atoms with Crippen molar-refractivity contribution in [1.82, 2.24) is 4.98 Å². The van der Waals surface area contributed by atoms with Crippen molar-refractivity contribution in [3.63, 3.8) is 0 Å². The molecule has 4 heteroatoms. The van der Waals surface area contributed by atoms with E-state index in [0.717, 1.165) is 6.20 Å². The van der Waals surface area contributed by atoms with Crippen molar-refractivity contribution in [2.24, 2.45) is 0 Å². The van der Waals surface area contributed by atoms with E-state index in [9.17, 15) is 4.39 Å². The van der Waals surface area contributed by atoms with Gasteiger partial charge in [-0.05, 0) is 6.85 Å². The van der Waals surface area contributed by atoms with Crippen LogP contribution in [-0.4, -0.2) is 12.0 Å².